The second-order valence-corrected chi connectivity index (χ2v) is 8.67. The number of benzene rings is 1. The van der Waals surface area contributed by atoms with Gasteiger partial charge in [0.2, 0.25) is 0 Å². The Morgan fingerprint density at radius 1 is 1.17 bits per heavy atom. The zero-order valence-corrected chi connectivity index (χ0v) is 14.2. The van der Waals surface area contributed by atoms with Crippen molar-refractivity contribution in [3.63, 3.8) is 0 Å². The maximum Gasteiger partial charge on any atom is 0.303 e. The molecule has 0 saturated heterocycles. The average Bonchev–Trinajstić information content (AvgIpc) is 3.10. The Labute approximate surface area is 141 Å². The maximum absolute atomic E-state index is 10.9. The lowest BCUT2D eigenvalue weighted by Gasteiger charge is -2.60. The quantitative estimate of drug-likeness (QED) is 0.713. The van der Waals surface area contributed by atoms with Gasteiger partial charge >= 0.3 is 5.97 Å². The minimum atomic E-state index is -4.00. The molecule has 4 rings (SSSR count). The Hall–Kier alpha value is -1.44. The van der Waals surface area contributed by atoms with E-state index in [9.17, 15) is 13.2 Å². The Balaban J connectivity index is 0.000000150. The van der Waals surface area contributed by atoms with Crippen LogP contribution >= 0.6 is 0 Å². The second-order valence-electron chi connectivity index (χ2n) is 7.25. The van der Waals surface area contributed by atoms with E-state index in [4.69, 9.17) is 15.4 Å². The van der Waals surface area contributed by atoms with E-state index < -0.39 is 16.1 Å². The van der Waals surface area contributed by atoms with Crippen LogP contribution in [0.4, 0.5) is 0 Å². The van der Waals surface area contributed by atoms with Crippen LogP contribution in [0, 0.1) is 29.1 Å². The lowest BCUT2D eigenvalue weighted by molar-refractivity contribution is -0.158. The van der Waals surface area contributed by atoms with Crippen LogP contribution in [-0.4, -0.2) is 30.6 Å². The van der Waals surface area contributed by atoms with E-state index in [0.29, 0.717) is 24.8 Å². The molecule has 1 aromatic rings. The predicted octanol–water partition coefficient (Wildman–Crippen LogP) is 2.02. The first-order chi connectivity index (χ1) is 11.3. The molecule has 3 saturated carbocycles. The Bertz CT molecular complexity index is 704. The third-order valence-electron chi connectivity index (χ3n) is 6.19. The molecule has 24 heavy (non-hydrogen) atoms. The fourth-order valence-electron chi connectivity index (χ4n) is 5.34. The van der Waals surface area contributed by atoms with Gasteiger partial charge < -0.3 is 10.8 Å². The minimum Gasteiger partial charge on any atom is -0.481 e. The van der Waals surface area contributed by atoms with Gasteiger partial charge in [-0.3, -0.25) is 9.35 Å². The van der Waals surface area contributed by atoms with E-state index in [1.165, 1.54) is 31.4 Å². The molecule has 3 fully saturated rings. The van der Waals surface area contributed by atoms with Crippen LogP contribution in [0.2, 0.25) is 0 Å². The summed E-state index contributed by atoms with van der Waals surface area (Å²) in [6, 6.07) is 7.42. The summed E-state index contributed by atoms with van der Waals surface area (Å²) >= 11 is 0. The van der Waals surface area contributed by atoms with Gasteiger partial charge in [-0.25, -0.2) is 0 Å². The van der Waals surface area contributed by atoms with Crippen molar-refractivity contribution in [1.29, 1.82) is 0 Å². The van der Waals surface area contributed by atoms with Gasteiger partial charge in [-0.2, -0.15) is 8.42 Å². The average molecular weight is 353 g/mol. The monoisotopic (exact) mass is 353 g/mol. The van der Waals surface area contributed by atoms with Gasteiger partial charge in [-0.15, -0.1) is 0 Å². The topological polar surface area (TPSA) is 118 Å². The summed E-state index contributed by atoms with van der Waals surface area (Å²) in [4.78, 5) is 10.8. The molecule has 0 amide bonds. The van der Waals surface area contributed by atoms with Gasteiger partial charge in [0.1, 0.15) is 0 Å². The summed E-state index contributed by atoms with van der Waals surface area (Å²) in [6.45, 7) is 0.581. The van der Waals surface area contributed by atoms with Crippen molar-refractivity contribution in [3.05, 3.63) is 30.3 Å². The molecule has 2 bridgehead atoms. The minimum absolute atomic E-state index is 0.0104. The van der Waals surface area contributed by atoms with Gasteiger partial charge in [0.15, 0.2) is 0 Å². The Morgan fingerprint density at radius 3 is 2.08 bits per heavy atom. The van der Waals surface area contributed by atoms with Crippen molar-refractivity contribution in [1.82, 2.24) is 0 Å². The molecule has 0 heterocycles. The molecule has 0 radical (unpaired) electrons. The first kappa shape index (κ1) is 17.4. The zero-order valence-electron chi connectivity index (χ0n) is 13.3. The van der Waals surface area contributed by atoms with Gasteiger partial charge in [0, 0.05) is 0 Å². The van der Waals surface area contributed by atoms with Crippen LogP contribution in [0.5, 0.6) is 0 Å². The number of carboxylic acid groups (broad SMARTS) is 1. The van der Waals surface area contributed by atoms with Gasteiger partial charge in [-0.1, -0.05) is 18.2 Å². The van der Waals surface area contributed by atoms with Crippen LogP contribution in [0.15, 0.2) is 35.2 Å². The highest BCUT2D eigenvalue weighted by molar-refractivity contribution is 7.85. The molecule has 0 aromatic heterocycles. The molecule has 3 aliphatic carbocycles. The lowest BCUT2D eigenvalue weighted by Crippen LogP contribution is -2.60. The summed E-state index contributed by atoms with van der Waals surface area (Å²) in [7, 11) is -4.00. The molecule has 4 N–H and O–H groups in total. The zero-order chi connectivity index (χ0) is 17.5. The van der Waals surface area contributed by atoms with Crippen molar-refractivity contribution in [2.45, 2.75) is 30.6 Å². The number of rotatable bonds is 4. The van der Waals surface area contributed by atoms with Crippen molar-refractivity contribution in [2.75, 3.05) is 6.54 Å². The summed E-state index contributed by atoms with van der Waals surface area (Å²) in [6.07, 6.45) is 4.18. The van der Waals surface area contributed by atoms with Crippen LogP contribution < -0.4 is 5.73 Å². The van der Waals surface area contributed by atoms with Gasteiger partial charge in [0.05, 0.1) is 11.3 Å². The first-order valence-electron chi connectivity index (χ1n) is 8.22. The third kappa shape index (κ3) is 2.85. The van der Waals surface area contributed by atoms with Crippen LogP contribution in [0.1, 0.15) is 25.7 Å². The fraction of sp³-hybridized carbons (Fsp3) is 0.588. The molecule has 2 atom stereocenters. The molecule has 0 spiro atoms. The molecule has 2 unspecified atom stereocenters. The van der Waals surface area contributed by atoms with E-state index in [0.717, 1.165) is 11.8 Å². The van der Waals surface area contributed by atoms with E-state index in [1.807, 2.05) is 0 Å². The second kappa shape index (κ2) is 6.13. The standard InChI is InChI=1S/C11H17NO2.C6H6O3S/c12-5-11(4-10(13)14)8-2-6-1-7(8)9(11)3-6;7-10(8,9)6-4-2-1-3-5-6/h6-9H,1-5,12H2,(H,13,14);1-5H,(H,7,8,9). The number of carbonyl (C=O) groups is 1. The maximum atomic E-state index is 10.9. The van der Waals surface area contributed by atoms with Gasteiger partial charge in [0.25, 0.3) is 10.1 Å². The molecule has 0 aliphatic heterocycles. The molecule has 7 heteroatoms. The highest BCUT2D eigenvalue weighted by atomic mass is 32.2. The highest BCUT2D eigenvalue weighted by Crippen LogP contribution is 2.73. The van der Waals surface area contributed by atoms with Crippen LogP contribution in [-0.2, 0) is 14.9 Å². The largest absolute Gasteiger partial charge is 0.481 e. The first-order valence-corrected chi connectivity index (χ1v) is 9.66. The van der Waals surface area contributed by atoms with Crippen molar-refractivity contribution >= 4 is 16.1 Å². The van der Waals surface area contributed by atoms with Gasteiger partial charge in [-0.05, 0) is 67.0 Å². The summed E-state index contributed by atoms with van der Waals surface area (Å²) in [5.74, 6) is 2.37. The Kier molecular flexibility index (Phi) is 4.44. The molecule has 6 nitrogen and oxygen atoms in total. The molecule has 1 aromatic carbocycles. The van der Waals surface area contributed by atoms with Crippen molar-refractivity contribution < 1.29 is 22.9 Å². The summed E-state index contributed by atoms with van der Waals surface area (Å²) < 4.78 is 29.2. The molecular formula is C17H23NO5S. The SMILES string of the molecule is NCC1(CC(=O)O)C2CC3CC2C1C3.O=S(=O)(O)c1ccccc1. The normalized spacial score (nSPS) is 35.8. The van der Waals surface area contributed by atoms with Crippen molar-refractivity contribution in [3.8, 4) is 0 Å². The molecular weight excluding hydrogens is 330 g/mol. The molecule has 132 valence electrons. The number of hydrogen-bond acceptors (Lipinski definition) is 4. The van der Waals surface area contributed by atoms with Crippen molar-refractivity contribution in [2.24, 2.45) is 34.8 Å². The summed E-state index contributed by atoms with van der Waals surface area (Å²) in [5.41, 5.74) is 5.81. The van der Waals surface area contributed by atoms with E-state index in [-0.39, 0.29) is 10.3 Å². The van der Waals surface area contributed by atoms with Crippen LogP contribution in [0.3, 0.4) is 0 Å². The number of aliphatic carboxylic acids is 1. The Morgan fingerprint density at radius 2 is 1.75 bits per heavy atom. The van der Waals surface area contributed by atoms with E-state index >= 15 is 0 Å². The number of nitrogens with two attached hydrogens (primary N) is 1. The molecule has 3 aliphatic rings. The lowest BCUT2D eigenvalue weighted by atomic mass is 9.44. The van der Waals surface area contributed by atoms with E-state index in [1.54, 1.807) is 18.2 Å². The predicted molar refractivity (Wildman–Crippen MR) is 87.8 cm³/mol. The fourth-order valence-corrected chi connectivity index (χ4v) is 5.84. The number of fused-ring (bicyclic) bond motifs is 1. The number of carboxylic acids is 1. The number of hydrogen-bond donors (Lipinski definition) is 3. The third-order valence-corrected chi connectivity index (χ3v) is 7.06. The van der Waals surface area contributed by atoms with E-state index in [2.05, 4.69) is 0 Å². The smallest absolute Gasteiger partial charge is 0.303 e. The van der Waals surface area contributed by atoms with Crippen LogP contribution in [0.25, 0.3) is 0 Å². The summed E-state index contributed by atoms with van der Waals surface area (Å²) in [5, 5.41) is 8.94. The highest BCUT2D eigenvalue weighted by Gasteiger charge is 2.68.